The number of nitrogens with one attached hydrogen (secondary N) is 1. The first-order valence-corrected chi connectivity index (χ1v) is 9.20. The van der Waals surface area contributed by atoms with E-state index in [0.717, 1.165) is 0 Å². The highest BCUT2D eigenvalue weighted by atomic mass is 35.5. The summed E-state index contributed by atoms with van der Waals surface area (Å²) >= 11 is 5.82. The average molecular weight is 411 g/mol. The second-order valence-electron chi connectivity index (χ2n) is 6.21. The summed E-state index contributed by atoms with van der Waals surface area (Å²) in [4.78, 5) is 24.5. The van der Waals surface area contributed by atoms with Crippen molar-refractivity contribution in [3.05, 3.63) is 83.4 Å². The number of esters is 1. The average Bonchev–Trinajstić information content (AvgIpc) is 2.70. The van der Waals surface area contributed by atoms with E-state index in [1.165, 1.54) is 25.1 Å². The van der Waals surface area contributed by atoms with E-state index in [1.807, 2.05) is 30.3 Å². The molecule has 0 aromatic heterocycles. The number of halogens is 1. The van der Waals surface area contributed by atoms with Gasteiger partial charge in [-0.15, -0.1) is 0 Å². The van der Waals surface area contributed by atoms with E-state index in [1.54, 1.807) is 24.3 Å². The molecule has 0 aliphatic rings. The third kappa shape index (κ3) is 5.49. The first-order chi connectivity index (χ1) is 13.9. The van der Waals surface area contributed by atoms with Gasteiger partial charge in [-0.2, -0.15) is 0 Å². The van der Waals surface area contributed by atoms with E-state index in [0.29, 0.717) is 22.2 Å². The van der Waals surface area contributed by atoms with Gasteiger partial charge in [-0.25, -0.2) is 4.79 Å². The predicted octanol–water partition coefficient (Wildman–Crippen LogP) is 4.90. The molecule has 0 aliphatic carbocycles. The number of nitrogens with two attached hydrogens (primary N) is 1. The Labute approximate surface area is 173 Å². The number of anilines is 2. The molecule has 6 nitrogen and oxygen atoms in total. The number of nitrogen functional groups attached to an aromatic ring is 1. The zero-order valence-electron chi connectivity index (χ0n) is 15.6. The molecule has 0 fully saturated rings. The normalized spacial score (nSPS) is 11.4. The van der Waals surface area contributed by atoms with Crippen LogP contribution >= 0.6 is 11.6 Å². The monoisotopic (exact) mass is 410 g/mol. The SMILES string of the molecule is C[C@H](OC(=O)c1ccc(Cl)cc1N)C(=O)Nc1ccc(Oc2ccccc2)cc1. The van der Waals surface area contributed by atoms with E-state index < -0.39 is 18.0 Å². The smallest absolute Gasteiger partial charge is 0.341 e. The van der Waals surface area contributed by atoms with Crippen LogP contribution in [0.25, 0.3) is 0 Å². The van der Waals surface area contributed by atoms with Crippen LogP contribution in [0.4, 0.5) is 11.4 Å². The standard InChI is InChI=1S/C22H19ClN2O4/c1-14(28-22(27)19-12-7-15(23)13-20(19)24)21(26)25-16-8-10-18(11-9-16)29-17-5-3-2-4-6-17/h2-14H,24H2,1H3,(H,25,26)/t14-/m0/s1. The fraction of sp³-hybridized carbons (Fsp3) is 0.0909. The minimum absolute atomic E-state index is 0.150. The second kappa shape index (κ2) is 9.12. The highest BCUT2D eigenvalue weighted by Gasteiger charge is 2.20. The van der Waals surface area contributed by atoms with Crippen molar-refractivity contribution in [1.29, 1.82) is 0 Å². The molecule has 0 bridgehead atoms. The Balaban J connectivity index is 1.57. The maximum Gasteiger partial charge on any atom is 0.341 e. The lowest BCUT2D eigenvalue weighted by atomic mass is 10.2. The van der Waals surface area contributed by atoms with Crippen molar-refractivity contribution in [3.63, 3.8) is 0 Å². The van der Waals surface area contributed by atoms with Crippen LogP contribution in [0.15, 0.2) is 72.8 Å². The van der Waals surface area contributed by atoms with Gasteiger partial charge in [0, 0.05) is 16.4 Å². The van der Waals surface area contributed by atoms with Gasteiger partial charge in [0.25, 0.3) is 5.91 Å². The van der Waals surface area contributed by atoms with Crippen LogP contribution in [0.1, 0.15) is 17.3 Å². The third-order valence-corrected chi connectivity index (χ3v) is 4.22. The molecule has 3 rings (SSSR count). The summed E-state index contributed by atoms with van der Waals surface area (Å²) in [5, 5.41) is 3.10. The van der Waals surface area contributed by atoms with Crippen LogP contribution in [0.5, 0.6) is 11.5 Å². The van der Waals surface area contributed by atoms with E-state index in [-0.39, 0.29) is 11.3 Å². The molecule has 29 heavy (non-hydrogen) atoms. The second-order valence-corrected chi connectivity index (χ2v) is 6.64. The molecule has 0 saturated heterocycles. The third-order valence-electron chi connectivity index (χ3n) is 3.99. The minimum atomic E-state index is -1.02. The summed E-state index contributed by atoms with van der Waals surface area (Å²) in [6.45, 7) is 1.48. The van der Waals surface area contributed by atoms with E-state index in [2.05, 4.69) is 5.32 Å². The zero-order chi connectivity index (χ0) is 20.8. The summed E-state index contributed by atoms with van der Waals surface area (Å²) in [5.74, 6) is 0.175. The van der Waals surface area contributed by atoms with Gasteiger partial charge < -0.3 is 20.5 Å². The largest absolute Gasteiger partial charge is 0.457 e. The summed E-state index contributed by atoms with van der Waals surface area (Å²) < 4.78 is 10.9. The molecule has 0 unspecified atom stereocenters. The van der Waals surface area contributed by atoms with E-state index in [4.69, 9.17) is 26.8 Å². The fourth-order valence-corrected chi connectivity index (χ4v) is 2.65. The number of amides is 1. The van der Waals surface area contributed by atoms with Crippen molar-refractivity contribution in [2.24, 2.45) is 0 Å². The summed E-state index contributed by atoms with van der Waals surface area (Å²) in [7, 11) is 0. The molecular weight excluding hydrogens is 392 g/mol. The van der Waals surface area contributed by atoms with Gasteiger partial charge in [-0.3, -0.25) is 4.79 Å². The Bertz CT molecular complexity index is 1010. The van der Waals surface area contributed by atoms with Crippen LogP contribution in [0.2, 0.25) is 5.02 Å². The lowest BCUT2D eigenvalue weighted by Gasteiger charge is -2.14. The van der Waals surface area contributed by atoms with Gasteiger partial charge in [0.15, 0.2) is 6.10 Å². The Morgan fingerprint density at radius 2 is 1.62 bits per heavy atom. The number of carbonyl (C=O) groups excluding carboxylic acids is 2. The fourth-order valence-electron chi connectivity index (χ4n) is 2.47. The highest BCUT2D eigenvalue weighted by molar-refractivity contribution is 6.31. The van der Waals surface area contributed by atoms with Crippen molar-refractivity contribution in [2.45, 2.75) is 13.0 Å². The maximum absolute atomic E-state index is 12.3. The van der Waals surface area contributed by atoms with Crippen LogP contribution in [0, 0.1) is 0 Å². The van der Waals surface area contributed by atoms with Crippen molar-refractivity contribution < 1.29 is 19.1 Å². The Hall–Kier alpha value is -3.51. The van der Waals surface area contributed by atoms with Gasteiger partial charge in [0.1, 0.15) is 11.5 Å². The number of ether oxygens (including phenoxy) is 2. The van der Waals surface area contributed by atoms with Crippen LogP contribution in [-0.4, -0.2) is 18.0 Å². The van der Waals surface area contributed by atoms with Crippen molar-refractivity contribution >= 4 is 34.9 Å². The van der Waals surface area contributed by atoms with Gasteiger partial charge in [0.05, 0.1) is 5.56 Å². The molecule has 3 N–H and O–H groups in total. The molecule has 1 atom stereocenters. The van der Waals surface area contributed by atoms with Gasteiger partial charge in [0.2, 0.25) is 0 Å². The quantitative estimate of drug-likeness (QED) is 0.445. The molecule has 148 valence electrons. The lowest BCUT2D eigenvalue weighted by Crippen LogP contribution is -2.30. The van der Waals surface area contributed by atoms with Crippen molar-refractivity contribution in [2.75, 3.05) is 11.1 Å². The van der Waals surface area contributed by atoms with Gasteiger partial charge in [-0.05, 0) is 61.5 Å². The van der Waals surface area contributed by atoms with Gasteiger partial charge >= 0.3 is 5.97 Å². The number of hydrogen-bond donors (Lipinski definition) is 2. The van der Waals surface area contributed by atoms with Crippen LogP contribution in [-0.2, 0) is 9.53 Å². The predicted molar refractivity (Wildman–Crippen MR) is 112 cm³/mol. The molecule has 1 amide bonds. The molecule has 0 radical (unpaired) electrons. The minimum Gasteiger partial charge on any atom is -0.457 e. The number of para-hydroxylation sites is 1. The molecule has 0 aliphatic heterocycles. The molecule has 3 aromatic rings. The Kier molecular flexibility index (Phi) is 6.36. The highest BCUT2D eigenvalue weighted by Crippen LogP contribution is 2.23. The number of rotatable bonds is 6. The number of hydrogen-bond acceptors (Lipinski definition) is 5. The van der Waals surface area contributed by atoms with Crippen molar-refractivity contribution in [1.82, 2.24) is 0 Å². The van der Waals surface area contributed by atoms with Gasteiger partial charge in [-0.1, -0.05) is 29.8 Å². The first-order valence-electron chi connectivity index (χ1n) is 8.82. The first kappa shape index (κ1) is 20.2. The molecule has 0 heterocycles. The van der Waals surface area contributed by atoms with Crippen LogP contribution < -0.4 is 15.8 Å². The summed E-state index contributed by atoms with van der Waals surface area (Å²) in [5.41, 5.74) is 6.65. The zero-order valence-corrected chi connectivity index (χ0v) is 16.3. The molecular formula is C22H19ClN2O4. The van der Waals surface area contributed by atoms with E-state index >= 15 is 0 Å². The summed E-state index contributed by atoms with van der Waals surface area (Å²) in [6.07, 6.45) is -1.02. The van der Waals surface area contributed by atoms with Crippen molar-refractivity contribution in [3.8, 4) is 11.5 Å². The maximum atomic E-state index is 12.3. The number of carbonyl (C=O) groups is 2. The topological polar surface area (TPSA) is 90.7 Å². The Morgan fingerprint density at radius 1 is 0.966 bits per heavy atom. The lowest BCUT2D eigenvalue weighted by molar-refractivity contribution is -0.123. The molecule has 7 heteroatoms. The van der Waals surface area contributed by atoms with Crippen LogP contribution in [0.3, 0.4) is 0 Å². The van der Waals surface area contributed by atoms with E-state index in [9.17, 15) is 9.59 Å². The molecule has 3 aromatic carbocycles. The number of benzene rings is 3. The molecule has 0 spiro atoms. The summed E-state index contributed by atoms with van der Waals surface area (Å²) in [6, 6.07) is 20.6. The molecule has 0 saturated carbocycles. The Morgan fingerprint density at radius 3 is 2.28 bits per heavy atom.